The number of nitrogens with zero attached hydrogens (tertiary/aromatic N) is 2. The minimum Gasteiger partial charge on any atom is -0.383 e. The number of amides is 2. The highest BCUT2D eigenvalue weighted by atomic mass is 16.5. The first-order chi connectivity index (χ1) is 8.07. The lowest BCUT2D eigenvalue weighted by atomic mass is 10.3. The van der Waals surface area contributed by atoms with Crippen LogP contribution in [0.5, 0.6) is 0 Å². The van der Waals surface area contributed by atoms with Gasteiger partial charge in [-0.2, -0.15) is 0 Å². The maximum Gasteiger partial charge on any atom is 0.312 e. The number of methoxy groups -OCH3 is 1. The van der Waals surface area contributed by atoms with Crippen molar-refractivity contribution in [2.45, 2.75) is 13.0 Å². The molecule has 6 heteroatoms. The Morgan fingerprint density at radius 3 is 2.53 bits per heavy atom. The molecule has 1 fully saturated rings. The second-order valence-corrected chi connectivity index (χ2v) is 4.26. The van der Waals surface area contributed by atoms with Crippen LogP contribution in [0.25, 0.3) is 0 Å². The summed E-state index contributed by atoms with van der Waals surface area (Å²) in [6, 6.07) is -0.0978. The van der Waals surface area contributed by atoms with Gasteiger partial charge in [0.2, 0.25) is 0 Å². The molecular formula is C11H21N3O3. The molecule has 0 radical (unpaired) electrons. The van der Waals surface area contributed by atoms with E-state index in [0.29, 0.717) is 19.7 Å². The summed E-state index contributed by atoms with van der Waals surface area (Å²) in [6.45, 7) is 4.96. The number of rotatable bonds is 3. The zero-order valence-electron chi connectivity index (χ0n) is 10.7. The van der Waals surface area contributed by atoms with Crippen LogP contribution in [-0.4, -0.2) is 74.6 Å². The molecule has 98 valence electrons. The molecule has 1 N–H and O–H groups in total. The molecule has 17 heavy (non-hydrogen) atoms. The SMILES string of the molecule is COCC(C)N(C)C(=O)C(=O)N1CCNCC1. The van der Waals surface area contributed by atoms with E-state index in [9.17, 15) is 9.59 Å². The van der Waals surface area contributed by atoms with E-state index in [1.54, 1.807) is 19.1 Å². The fraction of sp³-hybridized carbons (Fsp3) is 0.818. The Hall–Kier alpha value is -1.14. The van der Waals surface area contributed by atoms with Crippen LogP contribution in [0.1, 0.15) is 6.92 Å². The number of hydrogen-bond donors (Lipinski definition) is 1. The summed E-state index contributed by atoms with van der Waals surface area (Å²) in [5.41, 5.74) is 0. The average molecular weight is 243 g/mol. The zero-order valence-corrected chi connectivity index (χ0v) is 10.7. The summed E-state index contributed by atoms with van der Waals surface area (Å²) in [5, 5.41) is 3.14. The lowest BCUT2D eigenvalue weighted by Crippen LogP contribution is -2.53. The smallest absolute Gasteiger partial charge is 0.312 e. The van der Waals surface area contributed by atoms with Crippen LogP contribution in [0, 0.1) is 0 Å². The van der Waals surface area contributed by atoms with E-state index >= 15 is 0 Å². The number of nitrogens with one attached hydrogen (secondary N) is 1. The molecule has 0 aromatic carbocycles. The van der Waals surface area contributed by atoms with Gasteiger partial charge < -0.3 is 19.9 Å². The van der Waals surface area contributed by atoms with Gasteiger partial charge in [0.1, 0.15) is 0 Å². The van der Waals surface area contributed by atoms with E-state index in [2.05, 4.69) is 5.32 Å². The van der Waals surface area contributed by atoms with Crippen molar-refractivity contribution >= 4 is 11.8 Å². The largest absolute Gasteiger partial charge is 0.383 e. The van der Waals surface area contributed by atoms with Gasteiger partial charge in [-0.1, -0.05) is 0 Å². The van der Waals surface area contributed by atoms with E-state index in [1.807, 2.05) is 6.92 Å². The second-order valence-electron chi connectivity index (χ2n) is 4.26. The maximum absolute atomic E-state index is 11.9. The molecule has 6 nitrogen and oxygen atoms in total. The first kappa shape index (κ1) is 13.9. The van der Waals surface area contributed by atoms with Crippen LogP contribution >= 0.6 is 0 Å². The highest BCUT2D eigenvalue weighted by Gasteiger charge is 2.28. The van der Waals surface area contributed by atoms with Crippen molar-refractivity contribution < 1.29 is 14.3 Å². The van der Waals surface area contributed by atoms with Gasteiger partial charge >= 0.3 is 11.8 Å². The summed E-state index contributed by atoms with van der Waals surface area (Å²) >= 11 is 0. The minimum atomic E-state index is -0.462. The third-order valence-corrected chi connectivity index (χ3v) is 2.98. The Morgan fingerprint density at radius 1 is 1.41 bits per heavy atom. The Bertz CT molecular complexity index is 277. The van der Waals surface area contributed by atoms with E-state index in [1.165, 1.54) is 4.90 Å². The molecule has 1 saturated heterocycles. The standard InChI is InChI=1S/C11H21N3O3/c1-9(8-17-3)13(2)10(15)11(16)14-6-4-12-5-7-14/h9,12H,4-8H2,1-3H3. The molecule has 1 atom stereocenters. The van der Waals surface area contributed by atoms with Crippen LogP contribution < -0.4 is 5.32 Å². The van der Waals surface area contributed by atoms with Crippen molar-refractivity contribution in [3.05, 3.63) is 0 Å². The first-order valence-corrected chi connectivity index (χ1v) is 5.83. The number of hydrogen-bond acceptors (Lipinski definition) is 4. The fourth-order valence-corrected chi connectivity index (χ4v) is 1.71. The lowest BCUT2D eigenvalue weighted by molar-refractivity contribution is -0.152. The number of ether oxygens (including phenoxy) is 1. The van der Waals surface area contributed by atoms with Crippen LogP contribution in [0.4, 0.5) is 0 Å². The zero-order chi connectivity index (χ0) is 12.8. The molecule has 0 aromatic rings. The van der Waals surface area contributed by atoms with E-state index in [-0.39, 0.29) is 6.04 Å². The number of carbonyl (C=O) groups is 2. The Balaban J connectivity index is 2.52. The Labute approximate surface area is 102 Å². The van der Waals surface area contributed by atoms with E-state index in [0.717, 1.165) is 13.1 Å². The maximum atomic E-state index is 11.9. The van der Waals surface area contributed by atoms with E-state index < -0.39 is 11.8 Å². The number of likely N-dealkylation sites (N-methyl/N-ethyl adjacent to an activating group) is 1. The van der Waals surface area contributed by atoms with Gasteiger partial charge in [-0.25, -0.2) is 0 Å². The molecule has 0 aromatic heterocycles. The molecule has 0 bridgehead atoms. The highest BCUT2D eigenvalue weighted by Crippen LogP contribution is 2.01. The van der Waals surface area contributed by atoms with Crippen molar-refractivity contribution in [3.8, 4) is 0 Å². The third-order valence-electron chi connectivity index (χ3n) is 2.98. The molecule has 1 rings (SSSR count). The third kappa shape index (κ3) is 3.67. The molecule has 1 heterocycles. The van der Waals surface area contributed by atoms with Gasteiger partial charge in [0.25, 0.3) is 0 Å². The fourth-order valence-electron chi connectivity index (χ4n) is 1.71. The van der Waals surface area contributed by atoms with E-state index in [4.69, 9.17) is 4.74 Å². The highest BCUT2D eigenvalue weighted by molar-refractivity contribution is 6.34. The molecular weight excluding hydrogens is 222 g/mol. The van der Waals surface area contributed by atoms with Crippen LogP contribution in [0.15, 0.2) is 0 Å². The molecule has 1 aliphatic heterocycles. The molecule has 1 aliphatic rings. The van der Waals surface area contributed by atoms with Crippen molar-refractivity contribution in [3.63, 3.8) is 0 Å². The van der Waals surface area contributed by atoms with Crippen LogP contribution in [-0.2, 0) is 14.3 Å². The normalized spacial score (nSPS) is 17.7. The summed E-state index contributed by atoms with van der Waals surface area (Å²) < 4.78 is 4.97. The van der Waals surface area contributed by atoms with Crippen molar-refractivity contribution in [2.75, 3.05) is 46.9 Å². The number of carbonyl (C=O) groups excluding carboxylic acids is 2. The van der Waals surface area contributed by atoms with Gasteiger partial charge in [-0.3, -0.25) is 9.59 Å². The van der Waals surface area contributed by atoms with Crippen LogP contribution in [0.2, 0.25) is 0 Å². The molecule has 1 unspecified atom stereocenters. The average Bonchev–Trinajstić information content (AvgIpc) is 2.37. The molecule has 0 saturated carbocycles. The molecule has 0 aliphatic carbocycles. The lowest BCUT2D eigenvalue weighted by Gasteiger charge is -2.30. The summed E-state index contributed by atoms with van der Waals surface area (Å²) in [6.07, 6.45) is 0. The monoisotopic (exact) mass is 243 g/mol. The predicted molar refractivity (Wildman–Crippen MR) is 63.6 cm³/mol. The summed E-state index contributed by atoms with van der Waals surface area (Å²) in [7, 11) is 3.21. The number of piperazine rings is 1. The van der Waals surface area contributed by atoms with Crippen molar-refractivity contribution in [1.82, 2.24) is 15.1 Å². The van der Waals surface area contributed by atoms with Gasteiger partial charge in [0.05, 0.1) is 12.6 Å². The topological polar surface area (TPSA) is 61.9 Å². The van der Waals surface area contributed by atoms with Gasteiger partial charge in [-0.05, 0) is 6.92 Å². The van der Waals surface area contributed by atoms with Crippen molar-refractivity contribution in [2.24, 2.45) is 0 Å². The molecule has 0 spiro atoms. The quantitative estimate of drug-likeness (QED) is 0.640. The predicted octanol–water partition coefficient (Wildman–Crippen LogP) is -1.09. The van der Waals surface area contributed by atoms with Crippen molar-refractivity contribution in [1.29, 1.82) is 0 Å². The van der Waals surface area contributed by atoms with Crippen LogP contribution in [0.3, 0.4) is 0 Å². The minimum absolute atomic E-state index is 0.0978. The second kappa shape index (κ2) is 6.56. The van der Waals surface area contributed by atoms with Gasteiger partial charge in [0.15, 0.2) is 0 Å². The van der Waals surface area contributed by atoms with Gasteiger partial charge in [-0.15, -0.1) is 0 Å². The first-order valence-electron chi connectivity index (χ1n) is 5.83. The summed E-state index contributed by atoms with van der Waals surface area (Å²) in [4.78, 5) is 26.9. The Kier molecular flexibility index (Phi) is 5.37. The Morgan fingerprint density at radius 2 is 2.00 bits per heavy atom. The van der Waals surface area contributed by atoms with Gasteiger partial charge in [0, 0.05) is 40.3 Å². The molecule has 2 amide bonds. The summed E-state index contributed by atoms with van der Waals surface area (Å²) in [5.74, 6) is -0.881.